The summed E-state index contributed by atoms with van der Waals surface area (Å²) in [6.45, 7) is 4.12. The van der Waals surface area contributed by atoms with Gasteiger partial charge in [-0.25, -0.2) is 8.78 Å². The Balaban J connectivity index is 1.98. The highest BCUT2D eigenvalue weighted by atomic mass is 19.1. The first-order chi connectivity index (χ1) is 11.9. The van der Waals surface area contributed by atoms with Crippen molar-refractivity contribution in [3.63, 3.8) is 0 Å². The molecule has 7 heteroatoms. The molecule has 25 heavy (non-hydrogen) atoms. The van der Waals surface area contributed by atoms with Crippen LogP contribution in [0.15, 0.2) is 12.1 Å². The smallest absolute Gasteiger partial charge is 0.303 e. The van der Waals surface area contributed by atoms with Gasteiger partial charge in [-0.15, -0.1) is 0 Å². The van der Waals surface area contributed by atoms with E-state index in [0.717, 1.165) is 38.1 Å². The summed E-state index contributed by atoms with van der Waals surface area (Å²) in [4.78, 5) is 12.9. The molecule has 5 nitrogen and oxygen atoms in total. The number of benzene rings is 1. The molecule has 0 aliphatic carbocycles. The fraction of sp³-hybridized carbons (Fsp3) is 0.611. The molecule has 1 saturated heterocycles. The van der Waals surface area contributed by atoms with E-state index in [1.54, 1.807) is 6.92 Å². The molecule has 0 amide bonds. The summed E-state index contributed by atoms with van der Waals surface area (Å²) in [6.07, 6.45) is 0.628. The molecular formula is C18H25F2NO4. The first kappa shape index (κ1) is 19.8. The average Bonchev–Trinajstić information content (AvgIpc) is 3.03. The molecular weight excluding hydrogens is 332 g/mol. The number of carboxylic acid groups (broad SMARTS) is 1. The van der Waals surface area contributed by atoms with Crippen LogP contribution < -0.4 is 0 Å². The largest absolute Gasteiger partial charge is 0.481 e. The van der Waals surface area contributed by atoms with Crippen LogP contribution in [0, 0.1) is 11.6 Å². The van der Waals surface area contributed by atoms with Crippen LogP contribution in [0.3, 0.4) is 0 Å². The standard InChI is InChI=1S/C18H25F2NO4/c1-12(25-11-14(22)10-21-6-2-3-7-21)16-8-13(19)9-17(20)15(16)4-5-18(23)24/h8-9,12,14,22H,2-7,10-11H2,1H3,(H,23,24). The molecule has 0 spiro atoms. The highest BCUT2D eigenvalue weighted by molar-refractivity contribution is 5.67. The fourth-order valence-electron chi connectivity index (χ4n) is 3.14. The second-order valence-electron chi connectivity index (χ2n) is 6.49. The number of rotatable bonds is 9. The third kappa shape index (κ3) is 6.02. The molecule has 0 bridgehead atoms. The van der Waals surface area contributed by atoms with E-state index in [2.05, 4.69) is 4.90 Å². The molecule has 0 aromatic heterocycles. The first-order valence-electron chi connectivity index (χ1n) is 8.58. The van der Waals surface area contributed by atoms with Crippen LogP contribution in [-0.4, -0.2) is 53.4 Å². The summed E-state index contributed by atoms with van der Waals surface area (Å²) in [5.41, 5.74) is 0.428. The number of likely N-dealkylation sites (tertiary alicyclic amines) is 1. The number of hydrogen-bond donors (Lipinski definition) is 2. The first-order valence-corrected chi connectivity index (χ1v) is 8.58. The van der Waals surface area contributed by atoms with Crippen LogP contribution in [0.4, 0.5) is 8.78 Å². The Kier molecular flexibility index (Phi) is 7.28. The monoisotopic (exact) mass is 357 g/mol. The minimum atomic E-state index is -1.05. The van der Waals surface area contributed by atoms with Gasteiger partial charge in [-0.05, 0) is 56.5 Å². The Labute approximate surface area is 146 Å². The number of halogens is 2. The molecule has 140 valence electrons. The third-order valence-corrected chi connectivity index (χ3v) is 4.43. The van der Waals surface area contributed by atoms with Gasteiger partial charge in [0.05, 0.1) is 18.8 Å². The molecule has 2 rings (SSSR count). The third-order valence-electron chi connectivity index (χ3n) is 4.43. The van der Waals surface area contributed by atoms with E-state index in [1.807, 2.05) is 0 Å². The van der Waals surface area contributed by atoms with Crippen molar-refractivity contribution in [3.8, 4) is 0 Å². The molecule has 1 aromatic carbocycles. The van der Waals surface area contributed by atoms with Crippen molar-refractivity contribution in [3.05, 3.63) is 34.9 Å². The second-order valence-corrected chi connectivity index (χ2v) is 6.49. The minimum Gasteiger partial charge on any atom is -0.481 e. The molecule has 2 N–H and O–H groups in total. The number of hydrogen-bond acceptors (Lipinski definition) is 4. The zero-order valence-electron chi connectivity index (χ0n) is 14.4. The Morgan fingerprint density at radius 3 is 2.64 bits per heavy atom. The lowest BCUT2D eigenvalue weighted by molar-refractivity contribution is -0.136. The molecule has 1 aromatic rings. The molecule has 2 unspecified atom stereocenters. The van der Waals surface area contributed by atoms with Gasteiger partial charge in [0, 0.05) is 19.0 Å². The lowest BCUT2D eigenvalue weighted by Crippen LogP contribution is -2.33. The summed E-state index contributed by atoms with van der Waals surface area (Å²) in [5.74, 6) is -2.56. The van der Waals surface area contributed by atoms with Crippen LogP contribution >= 0.6 is 0 Å². The summed E-state index contributed by atoms with van der Waals surface area (Å²) in [5, 5.41) is 18.9. The van der Waals surface area contributed by atoms with Gasteiger partial charge in [0.15, 0.2) is 0 Å². The predicted molar refractivity (Wildman–Crippen MR) is 88.4 cm³/mol. The summed E-state index contributed by atoms with van der Waals surface area (Å²) < 4.78 is 33.2. The highest BCUT2D eigenvalue weighted by Gasteiger charge is 2.20. The zero-order valence-corrected chi connectivity index (χ0v) is 14.4. The van der Waals surface area contributed by atoms with Crippen molar-refractivity contribution in [2.45, 2.75) is 44.8 Å². The van der Waals surface area contributed by atoms with E-state index in [0.29, 0.717) is 6.54 Å². The number of aliphatic hydroxyl groups is 1. The topological polar surface area (TPSA) is 70.0 Å². The number of ether oxygens (including phenoxy) is 1. The van der Waals surface area contributed by atoms with Gasteiger partial charge in [0.2, 0.25) is 0 Å². The number of carbonyl (C=O) groups is 1. The van der Waals surface area contributed by atoms with Gasteiger partial charge in [-0.3, -0.25) is 4.79 Å². The van der Waals surface area contributed by atoms with Gasteiger partial charge in [-0.1, -0.05) is 0 Å². The van der Waals surface area contributed by atoms with Crippen molar-refractivity contribution in [2.75, 3.05) is 26.2 Å². The number of carboxylic acids is 1. The van der Waals surface area contributed by atoms with E-state index in [4.69, 9.17) is 9.84 Å². The molecule has 1 fully saturated rings. The Morgan fingerprint density at radius 1 is 1.32 bits per heavy atom. The molecule has 1 aliphatic rings. The Morgan fingerprint density at radius 2 is 2.00 bits per heavy atom. The van der Waals surface area contributed by atoms with E-state index in [-0.39, 0.29) is 30.6 Å². The van der Waals surface area contributed by atoms with Crippen molar-refractivity contribution < 1.29 is 28.5 Å². The van der Waals surface area contributed by atoms with E-state index in [9.17, 15) is 18.7 Å². The van der Waals surface area contributed by atoms with E-state index in [1.165, 1.54) is 0 Å². The highest BCUT2D eigenvalue weighted by Crippen LogP contribution is 2.26. The molecule has 0 saturated carbocycles. The Hall–Kier alpha value is -1.57. The molecule has 1 aliphatic heterocycles. The van der Waals surface area contributed by atoms with Crippen molar-refractivity contribution in [2.24, 2.45) is 0 Å². The van der Waals surface area contributed by atoms with Crippen LogP contribution in [0.25, 0.3) is 0 Å². The van der Waals surface area contributed by atoms with Crippen molar-refractivity contribution >= 4 is 5.97 Å². The van der Waals surface area contributed by atoms with Gasteiger partial charge in [-0.2, -0.15) is 0 Å². The van der Waals surface area contributed by atoms with Gasteiger partial charge in [0.25, 0.3) is 0 Å². The van der Waals surface area contributed by atoms with Gasteiger partial charge >= 0.3 is 5.97 Å². The zero-order chi connectivity index (χ0) is 18.4. The molecule has 2 atom stereocenters. The molecule has 0 radical (unpaired) electrons. The second kappa shape index (κ2) is 9.22. The number of nitrogens with zero attached hydrogens (tertiary/aromatic N) is 1. The van der Waals surface area contributed by atoms with Crippen molar-refractivity contribution in [1.29, 1.82) is 0 Å². The summed E-state index contributed by atoms with van der Waals surface area (Å²) >= 11 is 0. The maximum absolute atomic E-state index is 14.0. The lowest BCUT2D eigenvalue weighted by atomic mass is 9.98. The van der Waals surface area contributed by atoms with E-state index >= 15 is 0 Å². The number of β-amino-alcohol motifs (C(OH)–C–C–N with tert-alkyl or cyclic N) is 1. The summed E-state index contributed by atoms with van der Waals surface area (Å²) in [7, 11) is 0. The molecule has 1 heterocycles. The van der Waals surface area contributed by atoms with Gasteiger partial charge in [0.1, 0.15) is 11.6 Å². The summed E-state index contributed by atoms with van der Waals surface area (Å²) in [6, 6.07) is 1.91. The number of aliphatic hydroxyl groups excluding tert-OH is 1. The van der Waals surface area contributed by atoms with Crippen LogP contribution in [-0.2, 0) is 16.0 Å². The Bertz CT molecular complexity index is 591. The maximum atomic E-state index is 14.0. The lowest BCUT2D eigenvalue weighted by Gasteiger charge is -2.22. The predicted octanol–water partition coefficient (Wildman–Crippen LogP) is 2.52. The quantitative estimate of drug-likeness (QED) is 0.711. The van der Waals surface area contributed by atoms with E-state index < -0.39 is 29.8 Å². The van der Waals surface area contributed by atoms with Crippen molar-refractivity contribution in [1.82, 2.24) is 4.90 Å². The minimum absolute atomic E-state index is 0.0409. The van der Waals surface area contributed by atoms with Crippen LogP contribution in [0.2, 0.25) is 0 Å². The van der Waals surface area contributed by atoms with Crippen LogP contribution in [0.5, 0.6) is 0 Å². The normalized spacial score (nSPS) is 17.6. The SMILES string of the molecule is CC(OCC(O)CN1CCCC1)c1cc(F)cc(F)c1CCC(=O)O. The fourth-order valence-corrected chi connectivity index (χ4v) is 3.14. The number of aliphatic carboxylic acids is 1. The maximum Gasteiger partial charge on any atom is 0.303 e. The average molecular weight is 357 g/mol. The van der Waals surface area contributed by atoms with Gasteiger partial charge < -0.3 is 19.8 Å². The van der Waals surface area contributed by atoms with Crippen LogP contribution in [0.1, 0.15) is 43.4 Å².